The average Bonchev–Trinajstić information content (AvgIpc) is 2.34. The number of piperazine rings is 1. The summed E-state index contributed by atoms with van der Waals surface area (Å²) in [5, 5.41) is 2.67. The van der Waals surface area contributed by atoms with Gasteiger partial charge in [-0.25, -0.2) is 4.39 Å². The molecule has 1 aliphatic rings. The molecule has 19 heavy (non-hydrogen) atoms. The summed E-state index contributed by atoms with van der Waals surface area (Å²) in [6, 6.07) is 5.34. The predicted octanol–water partition coefficient (Wildman–Crippen LogP) is 1.85. The number of benzene rings is 1. The van der Waals surface area contributed by atoms with Crippen molar-refractivity contribution in [3.63, 3.8) is 0 Å². The Labute approximate surface area is 111 Å². The third kappa shape index (κ3) is 2.20. The highest BCUT2D eigenvalue weighted by Gasteiger charge is 2.45. The van der Waals surface area contributed by atoms with Crippen molar-refractivity contribution in [1.82, 2.24) is 5.32 Å². The van der Waals surface area contributed by atoms with Gasteiger partial charge >= 0.3 is 0 Å². The van der Waals surface area contributed by atoms with Crippen LogP contribution in [0.2, 0.25) is 0 Å². The zero-order valence-corrected chi connectivity index (χ0v) is 11.2. The van der Waals surface area contributed by atoms with Crippen LogP contribution < -0.4 is 10.2 Å². The number of nitrogens with one attached hydrogen (secondary N) is 1. The van der Waals surface area contributed by atoms with Crippen LogP contribution in [0.4, 0.5) is 10.1 Å². The molecule has 1 aromatic rings. The molecule has 2 amide bonds. The minimum atomic E-state index is -1.02. The number of hydrogen-bond donors (Lipinski definition) is 1. The van der Waals surface area contributed by atoms with E-state index >= 15 is 0 Å². The number of rotatable bonds is 2. The fraction of sp³-hybridized carbons (Fsp3) is 0.429. The number of hydrogen-bond acceptors (Lipinski definition) is 2. The highest BCUT2D eigenvalue weighted by Crippen LogP contribution is 2.28. The number of amides is 2. The van der Waals surface area contributed by atoms with E-state index in [9.17, 15) is 14.0 Å². The van der Waals surface area contributed by atoms with Gasteiger partial charge in [0.25, 0.3) is 5.91 Å². The second-order valence-corrected chi connectivity index (χ2v) is 5.16. The summed E-state index contributed by atoms with van der Waals surface area (Å²) in [7, 11) is 0. The molecule has 1 aliphatic heterocycles. The van der Waals surface area contributed by atoms with Gasteiger partial charge in [-0.05, 0) is 32.4 Å². The Kier molecular flexibility index (Phi) is 3.30. The number of carbonyl (C=O) groups excluding carboxylic acids is 2. The fourth-order valence-electron chi connectivity index (χ4n) is 2.30. The molecule has 5 heteroatoms. The molecule has 0 aliphatic carbocycles. The van der Waals surface area contributed by atoms with E-state index in [1.54, 1.807) is 32.9 Å². The lowest BCUT2D eigenvalue weighted by atomic mass is 9.95. The summed E-state index contributed by atoms with van der Waals surface area (Å²) in [5.74, 6) is -1.06. The van der Waals surface area contributed by atoms with E-state index in [0.717, 1.165) is 0 Å². The normalized spacial score (nSPS) is 22.3. The van der Waals surface area contributed by atoms with Crippen LogP contribution in [-0.4, -0.2) is 23.4 Å². The molecule has 1 heterocycles. The predicted molar refractivity (Wildman–Crippen MR) is 70.2 cm³/mol. The summed E-state index contributed by atoms with van der Waals surface area (Å²) in [6.07, 6.45) is 0.433. The third-order valence-corrected chi connectivity index (χ3v) is 3.30. The van der Waals surface area contributed by atoms with Gasteiger partial charge in [-0.2, -0.15) is 0 Å². The molecule has 1 aromatic carbocycles. The van der Waals surface area contributed by atoms with Crippen LogP contribution in [0.15, 0.2) is 24.3 Å². The molecule has 1 saturated heterocycles. The van der Waals surface area contributed by atoms with E-state index in [1.165, 1.54) is 17.0 Å². The number of halogens is 1. The smallest absolute Gasteiger partial charge is 0.252 e. The molecule has 102 valence electrons. The van der Waals surface area contributed by atoms with E-state index in [1.807, 2.05) is 0 Å². The summed E-state index contributed by atoms with van der Waals surface area (Å²) in [5.41, 5.74) is -0.868. The summed E-state index contributed by atoms with van der Waals surface area (Å²) >= 11 is 0. The van der Waals surface area contributed by atoms with E-state index < -0.39 is 17.4 Å². The SMILES string of the molecule is CCC1C(=O)NC(C)(C)C(=O)N1c1ccccc1F. The Hall–Kier alpha value is -1.91. The molecule has 1 atom stereocenters. The van der Waals surface area contributed by atoms with Crippen molar-refractivity contribution in [3.05, 3.63) is 30.1 Å². The number of para-hydroxylation sites is 1. The number of carbonyl (C=O) groups is 2. The number of nitrogens with zero attached hydrogens (tertiary/aromatic N) is 1. The van der Waals surface area contributed by atoms with Gasteiger partial charge in [-0.15, -0.1) is 0 Å². The topological polar surface area (TPSA) is 49.4 Å². The van der Waals surface area contributed by atoms with Crippen LogP contribution in [0, 0.1) is 5.82 Å². The molecular weight excluding hydrogens is 247 g/mol. The van der Waals surface area contributed by atoms with Gasteiger partial charge in [0.05, 0.1) is 5.69 Å². The van der Waals surface area contributed by atoms with E-state index in [0.29, 0.717) is 6.42 Å². The maximum atomic E-state index is 13.9. The summed E-state index contributed by atoms with van der Waals surface area (Å²) in [6.45, 7) is 5.03. The first kappa shape index (κ1) is 13.5. The molecule has 0 bridgehead atoms. The fourth-order valence-corrected chi connectivity index (χ4v) is 2.30. The first-order valence-corrected chi connectivity index (χ1v) is 6.28. The molecule has 0 aromatic heterocycles. The first-order valence-electron chi connectivity index (χ1n) is 6.28. The highest BCUT2D eigenvalue weighted by molar-refractivity contribution is 6.10. The second kappa shape index (κ2) is 4.64. The Morgan fingerprint density at radius 2 is 1.95 bits per heavy atom. The molecule has 2 rings (SSSR count). The molecule has 1 N–H and O–H groups in total. The summed E-state index contributed by atoms with van der Waals surface area (Å²) < 4.78 is 13.9. The molecule has 0 radical (unpaired) electrons. The lowest BCUT2D eigenvalue weighted by molar-refractivity contribution is -0.137. The van der Waals surface area contributed by atoms with Crippen molar-refractivity contribution in [2.75, 3.05) is 4.90 Å². The van der Waals surface area contributed by atoms with Crippen LogP contribution in [0.25, 0.3) is 0 Å². The maximum Gasteiger partial charge on any atom is 0.252 e. The quantitative estimate of drug-likeness (QED) is 0.886. The molecule has 1 fully saturated rings. The van der Waals surface area contributed by atoms with Crippen LogP contribution in [0.3, 0.4) is 0 Å². The first-order chi connectivity index (χ1) is 8.88. The van der Waals surface area contributed by atoms with E-state index in [-0.39, 0.29) is 17.5 Å². The number of anilines is 1. The molecule has 4 nitrogen and oxygen atoms in total. The minimum Gasteiger partial charge on any atom is -0.340 e. The van der Waals surface area contributed by atoms with Crippen LogP contribution >= 0.6 is 0 Å². The van der Waals surface area contributed by atoms with E-state index in [4.69, 9.17) is 0 Å². The lowest BCUT2D eigenvalue weighted by Crippen LogP contribution is -2.68. The van der Waals surface area contributed by atoms with Crippen molar-refractivity contribution >= 4 is 17.5 Å². The van der Waals surface area contributed by atoms with Crippen molar-refractivity contribution in [2.24, 2.45) is 0 Å². The molecular formula is C14H17FN2O2. The van der Waals surface area contributed by atoms with Crippen LogP contribution in [0.5, 0.6) is 0 Å². The Balaban J connectivity index is 2.53. The van der Waals surface area contributed by atoms with Crippen LogP contribution in [0.1, 0.15) is 27.2 Å². The summed E-state index contributed by atoms with van der Waals surface area (Å²) in [4.78, 5) is 25.8. The van der Waals surface area contributed by atoms with Gasteiger partial charge in [0.15, 0.2) is 0 Å². The van der Waals surface area contributed by atoms with Gasteiger partial charge in [0.1, 0.15) is 17.4 Å². The van der Waals surface area contributed by atoms with Gasteiger partial charge in [-0.3, -0.25) is 14.5 Å². The maximum absolute atomic E-state index is 13.9. The van der Waals surface area contributed by atoms with Crippen LogP contribution in [-0.2, 0) is 9.59 Å². The standard InChI is InChI=1S/C14H17FN2O2/c1-4-10-12(18)16-14(2,3)13(19)17(10)11-8-6-5-7-9(11)15/h5-8,10H,4H2,1-3H3,(H,16,18). The monoisotopic (exact) mass is 264 g/mol. The van der Waals surface area contributed by atoms with Gasteiger partial charge < -0.3 is 5.32 Å². The average molecular weight is 264 g/mol. The molecule has 0 spiro atoms. The molecule has 1 unspecified atom stereocenters. The van der Waals surface area contributed by atoms with Gasteiger partial charge in [0, 0.05) is 0 Å². The lowest BCUT2D eigenvalue weighted by Gasteiger charge is -2.42. The Morgan fingerprint density at radius 1 is 1.32 bits per heavy atom. The highest BCUT2D eigenvalue weighted by atomic mass is 19.1. The zero-order valence-electron chi connectivity index (χ0n) is 11.2. The molecule has 0 saturated carbocycles. The van der Waals surface area contributed by atoms with Crippen molar-refractivity contribution in [3.8, 4) is 0 Å². The Bertz CT molecular complexity index is 528. The van der Waals surface area contributed by atoms with E-state index in [2.05, 4.69) is 5.32 Å². The van der Waals surface area contributed by atoms with Crippen molar-refractivity contribution in [2.45, 2.75) is 38.8 Å². The third-order valence-electron chi connectivity index (χ3n) is 3.30. The minimum absolute atomic E-state index is 0.155. The second-order valence-electron chi connectivity index (χ2n) is 5.16. The zero-order chi connectivity index (χ0) is 14.2. The van der Waals surface area contributed by atoms with Crippen molar-refractivity contribution in [1.29, 1.82) is 0 Å². The van der Waals surface area contributed by atoms with Gasteiger partial charge in [0.2, 0.25) is 5.91 Å². The van der Waals surface area contributed by atoms with Crippen molar-refractivity contribution < 1.29 is 14.0 Å². The largest absolute Gasteiger partial charge is 0.340 e. The van der Waals surface area contributed by atoms with Gasteiger partial charge in [-0.1, -0.05) is 19.1 Å². The Morgan fingerprint density at radius 3 is 2.53 bits per heavy atom.